The van der Waals surface area contributed by atoms with Gasteiger partial charge in [-0.15, -0.1) is 0 Å². The van der Waals surface area contributed by atoms with E-state index in [1.54, 1.807) is 25.4 Å². The lowest BCUT2D eigenvalue weighted by atomic mass is 10.0. The summed E-state index contributed by atoms with van der Waals surface area (Å²) in [7, 11) is 0. The van der Waals surface area contributed by atoms with Crippen LogP contribution in [0, 0.1) is 11.3 Å². The Bertz CT molecular complexity index is 517. The zero-order valence-electron chi connectivity index (χ0n) is 10.9. The van der Waals surface area contributed by atoms with Crippen LogP contribution in [0.25, 0.3) is 0 Å². The van der Waals surface area contributed by atoms with Gasteiger partial charge in [-0.3, -0.25) is 14.6 Å². The summed E-state index contributed by atoms with van der Waals surface area (Å²) in [5.41, 5.74) is 0.772. The number of aromatic nitrogens is 1. The van der Waals surface area contributed by atoms with E-state index in [0.29, 0.717) is 0 Å². The predicted octanol–water partition coefficient (Wildman–Crippen LogP) is 1.28. The van der Waals surface area contributed by atoms with E-state index in [4.69, 9.17) is 0 Å². The standard InChI is InChI=1S/C14H17N3O2/c1-10(18)17-6-4-14(9-17)7-12(14)13(19)16-11-3-2-5-15-8-11/h2-3,5,8,12H,4,6-7,9H2,1H3,(H,16,19)/t12-,14+/m0/s1. The number of likely N-dealkylation sites (tertiary alicyclic amines) is 1. The molecule has 0 aromatic carbocycles. The van der Waals surface area contributed by atoms with Gasteiger partial charge in [0.05, 0.1) is 11.9 Å². The molecule has 1 aromatic rings. The van der Waals surface area contributed by atoms with Gasteiger partial charge in [-0.25, -0.2) is 0 Å². The predicted molar refractivity (Wildman–Crippen MR) is 70.3 cm³/mol. The largest absolute Gasteiger partial charge is 0.342 e. The lowest BCUT2D eigenvalue weighted by Crippen LogP contribution is -2.27. The van der Waals surface area contributed by atoms with Gasteiger partial charge >= 0.3 is 0 Å². The first-order valence-corrected chi connectivity index (χ1v) is 6.57. The zero-order valence-corrected chi connectivity index (χ0v) is 10.9. The van der Waals surface area contributed by atoms with Crippen LogP contribution in [0.4, 0.5) is 5.69 Å². The van der Waals surface area contributed by atoms with E-state index >= 15 is 0 Å². The molecule has 0 bridgehead atoms. The van der Waals surface area contributed by atoms with Crippen LogP contribution >= 0.6 is 0 Å². The van der Waals surface area contributed by atoms with E-state index in [0.717, 1.165) is 31.6 Å². The Morgan fingerprint density at radius 3 is 3.00 bits per heavy atom. The molecule has 1 aromatic heterocycles. The van der Waals surface area contributed by atoms with Crippen molar-refractivity contribution in [1.82, 2.24) is 9.88 Å². The highest BCUT2D eigenvalue weighted by molar-refractivity contribution is 5.95. The molecule has 2 heterocycles. The van der Waals surface area contributed by atoms with Gasteiger partial charge in [0.15, 0.2) is 0 Å². The third-order valence-corrected chi connectivity index (χ3v) is 4.27. The summed E-state index contributed by atoms with van der Waals surface area (Å²) in [6.07, 6.45) is 5.15. The van der Waals surface area contributed by atoms with Crippen molar-refractivity contribution in [2.45, 2.75) is 19.8 Å². The van der Waals surface area contributed by atoms with Crippen molar-refractivity contribution in [2.24, 2.45) is 11.3 Å². The Kier molecular flexibility index (Phi) is 2.77. The van der Waals surface area contributed by atoms with Crippen molar-refractivity contribution >= 4 is 17.5 Å². The van der Waals surface area contributed by atoms with Crippen LogP contribution in [0.2, 0.25) is 0 Å². The van der Waals surface area contributed by atoms with Crippen LogP contribution in [0.5, 0.6) is 0 Å². The number of hydrogen-bond acceptors (Lipinski definition) is 3. The number of pyridine rings is 1. The van der Waals surface area contributed by atoms with Gasteiger partial charge in [-0.2, -0.15) is 0 Å². The summed E-state index contributed by atoms with van der Waals surface area (Å²) < 4.78 is 0. The van der Waals surface area contributed by atoms with Crippen molar-refractivity contribution in [2.75, 3.05) is 18.4 Å². The third-order valence-electron chi connectivity index (χ3n) is 4.27. The van der Waals surface area contributed by atoms with Gasteiger partial charge in [0.25, 0.3) is 0 Å². The van der Waals surface area contributed by atoms with Crippen molar-refractivity contribution < 1.29 is 9.59 Å². The summed E-state index contributed by atoms with van der Waals surface area (Å²) >= 11 is 0. The molecule has 1 saturated carbocycles. The summed E-state index contributed by atoms with van der Waals surface area (Å²) in [5.74, 6) is 0.200. The quantitative estimate of drug-likeness (QED) is 0.870. The number of nitrogens with one attached hydrogen (secondary N) is 1. The molecule has 1 aliphatic carbocycles. The summed E-state index contributed by atoms with van der Waals surface area (Å²) in [4.78, 5) is 29.3. The Morgan fingerprint density at radius 1 is 1.53 bits per heavy atom. The molecule has 3 rings (SSSR count). The molecule has 2 atom stereocenters. The second kappa shape index (κ2) is 4.33. The topological polar surface area (TPSA) is 62.3 Å². The number of rotatable bonds is 2. The minimum absolute atomic E-state index is 0.0389. The molecule has 5 nitrogen and oxygen atoms in total. The number of nitrogens with zero attached hydrogens (tertiary/aromatic N) is 2. The number of carbonyl (C=O) groups is 2. The van der Waals surface area contributed by atoms with Gasteiger partial charge in [0, 0.05) is 37.5 Å². The number of anilines is 1. The lowest BCUT2D eigenvalue weighted by Gasteiger charge is -2.13. The zero-order chi connectivity index (χ0) is 13.5. The van der Waals surface area contributed by atoms with E-state index in [1.165, 1.54) is 0 Å². The van der Waals surface area contributed by atoms with Crippen molar-refractivity contribution in [3.05, 3.63) is 24.5 Å². The van der Waals surface area contributed by atoms with Crippen LogP contribution in [0.3, 0.4) is 0 Å². The van der Waals surface area contributed by atoms with E-state index < -0.39 is 0 Å². The second-order valence-electron chi connectivity index (χ2n) is 5.54. The van der Waals surface area contributed by atoms with Gasteiger partial charge in [0.2, 0.25) is 11.8 Å². The first-order valence-electron chi connectivity index (χ1n) is 6.57. The summed E-state index contributed by atoms with van der Waals surface area (Å²) in [5, 5.41) is 2.89. The van der Waals surface area contributed by atoms with Crippen LogP contribution in [-0.4, -0.2) is 34.8 Å². The van der Waals surface area contributed by atoms with E-state index in [2.05, 4.69) is 10.3 Å². The van der Waals surface area contributed by atoms with Gasteiger partial charge in [-0.05, 0) is 25.0 Å². The van der Waals surface area contributed by atoms with Crippen LogP contribution in [-0.2, 0) is 9.59 Å². The molecule has 100 valence electrons. The molecule has 5 heteroatoms. The fraction of sp³-hybridized carbons (Fsp3) is 0.500. The maximum absolute atomic E-state index is 12.2. The van der Waals surface area contributed by atoms with Crippen molar-refractivity contribution in [1.29, 1.82) is 0 Å². The molecular weight excluding hydrogens is 242 g/mol. The molecule has 2 amide bonds. The first-order chi connectivity index (χ1) is 9.11. The highest BCUT2D eigenvalue weighted by Crippen LogP contribution is 2.58. The monoisotopic (exact) mass is 259 g/mol. The highest BCUT2D eigenvalue weighted by Gasteiger charge is 2.61. The first kappa shape index (κ1) is 12.1. The fourth-order valence-corrected chi connectivity index (χ4v) is 3.00. The third kappa shape index (κ3) is 2.20. The molecule has 1 aliphatic heterocycles. The van der Waals surface area contributed by atoms with Crippen molar-refractivity contribution in [3.63, 3.8) is 0 Å². The highest BCUT2D eigenvalue weighted by atomic mass is 16.2. The molecule has 0 unspecified atom stereocenters. The second-order valence-corrected chi connectivity index (χ2v) is 5.54. The van der Waals surface area contributed by atoms with Crippen LogP contribution in [0.1, 0.15) is 19.8 Å². The average Bonchev–Trinajstić information content (AvgIpc) is 2.91. The Hall–Kier alpha value is -1.91. The Balaban J connectivity index is 1.61. The van der Waals surface area contributed by atoms with Gasteiger partial charge in [0.1, 0.15) is 0 Å². The Morgan fingerprint density at radius 2 is 2.37 bits per heavy atom. The maximum Gasteiger partial charge on any atom is 0.228 e. The van der Waals surface area contributed by atoms with Crippen LogP contribution < -0.4 is 5.32 Å². The number of carbonyl (C=O) groups excluding carboxylic acids is 2. The maximum atomic E-state index is 12.2. The number of amides is 2. The normalized spacial score (nSPS) is 28.5. The minimum atomic E-state index is 0.0389. The molecule has 1 spiro atoms. The van der Waals surface area contributed by atoms with E-state index in [9.17, 15) is 9.59 Å². The molecule has 1 saturated heterocycles. The van der Waals surface area contributed by atoms with Gasteiger partial charge < -0.3 is 10.2 Å². The molecule has 19 heavy (non-hydrogen) atoms. The Labute approximate surface area is 112 Å². The molecule has 0 radical (unpaired) electrons. The van der Waals surface area contributed by atoms with Gasteiger partial charge in [-0.1, -0.05) is 0 Å². The van der Waals surface area contributed by atoms with E-state index in [1.807, 2.05) is 11.0 Å². The minimum Gasteiger partial charge on any atom is -0.342 e. The molecule has 2 fully saturated rings. The fourth-order valence-electron chi connectivity index (χ4n) is 3.00. The van der Waals surface area contributed by atoms with Crippen molar-refractivity contribution in [3.8, 4) is 0 Å². The molecular formula is C14H17N3O2. The molecule has 2 aliphatic rings. The lowest BCUT2D eigenvalue weighted by molar-refractivity contribution is -0.128. The summed E-state index contributed by atoms with van der Waals surface area (Å²) in [6, 6.07) is 3.63. The smallest absolute Gasteiger partial charge is 0.228 e. The average molecular weight is 259 g/mol. The molecule has 1 N–H and O–H groups in total. The van der Waals surface area contributed by atoms with Crippen LogP contribution in [0.15, 0.2) is 24.5 Å². The summed E-state index contributed by atoms with van der Waals surface area (Å²) in [6.45, 7) is 3.10. The van der Waals surface area contributed by atoms with E-state index in [-0.39, 0.29) is 23.1 Å². The number of hydrogen-bond donors (Lipinski definition) is 1. The SMILES string of the molecule is CC(=O)N1CC[C@@]2(C[C@H]2C(=O)Nc2cccnc2)C1.